The van der Waals surface area contributed by atoms with Crippen molar-refractivity contribution in [3.8, 4) is 5.75 Å². The predicted molar refractivity (Wildman–Crippen MR) is 112 cm³/mol. The molecule has 1 atom stereocenters. The lowest BCUT2D eigenvalue weighted by atomic mass is 10.0. The van der Waals surface area contributed by atoms with E-state index >= 15 is 0 Å². The minimum Gasteiger partial charge on any atom is -0.497 e. The van der Waals surface area contributed by atoms with E-state index in [4.69, 9.17) is 4.74 Å². The summed E-state index contributed by atoms with van der Waals surface area (Å²) in [6, 6.07) is 11.0. The van der Waals surface area contributed by atoms with Crippen LogP contribution in [0.15, 0.2) is 36.4 Å². The third-order valence-corrected chi connectivity index (χ3v) is 5.28. The van der Waals surface area contributed by atoms with Gasteiger partial charge < -0.3 is 15.4 Å². The van der Waals surface area contributed by atoms with E-state index < -0.39 is 6.04 Å². The van der Waals surface area contributed by atoms with Crippen LogP contribution in [0.3, 0.4) is 0 Å². The van der Waals surface area contributed by atoms with Gasteiger partial charge in [0, 0.05) is 6.92 Å². The molecule has 0 bridgehead atoms. The van der Waals surface area contributed by atoms with Crippen LogP contribution < -0.4 is 15.4 Å². The Hall–Kier alpha value is -2.93. The number of nitrogens with zero attached hydrogens (tertiary/aromatic N) is 1. The maximum Gasteiger partial charge on any atom is 0.228 e. The number of amides is 2. The molecule has 2 aromatic carbocycles. The summed E-state index contributed by atoms with van der Waals surface area (Å²) in [4.78, 5) is 28.7. The molecular formula is C21H23N3O3S. The lowest BCUT2D eigenvalue weighted by Gasteiger charge is -2.18. The largest absolute Gasteiger partial charge is 0.497 e. The average Bonchev–Trinajstić information content (AvgIpc) is 3.03. The molecule has 7 heteroatoms. The Bertz CT molecular complexity index is 1010. The summed E-state index contributed by atoms with van der Waals surface area (Å²) in [6.45, 7) is 5.49. The Balaban J connectivity index is 1.76. The second-order valence-electron chi connectivity index (χ2n) is 6.73. The van der Waals surface area contributed by atoms with Gasteiger partial charge in [0.15, 0.2) is 5.13 Å². The average molecular weight is 398 g/mol. The highest BCUT2D eigenvalue weighted by molar-refractivity contribution is 7.22. The summed E-state index contributed by atoms with van der Waals surface area (Å²) >= 11 is 1.45. The summed E-state index contributed by atoms with van der Waals surface area (Å²) in [5.74, 6) is 0.317. The van der Waals surface area contributed by atoms with Crippen molar-refractivity contribution in [1.82, 2.24) is 10.3 Å². The summed E-state index contributed by atoms with van der Waals surface area (Å²) in [5.41, 5.74) is 3.99. The van der Waals surface area contributed by atoms with Crippen LogP contribution in [0.1, 0.15) is 36.1 Å². The van der Waals surface area contributed by atoms with Gasteiger partial charge in [-0.1, -0.05) is 29.5 Å². The third-order valence-electron chi connectivity index (χ3n) is 4.36. The number of hydrogen-bond acceptors (Lipinski definition) is 5. The van der Waals surface area contributed by atoms with E-state index in [-0.39, 0.29) is 18.2 Å². The fraction of sp³-hybridized carbons (Fsp3) is 0.286. The lowest BCUT2D eigenvalue weighted by molar-refractivity contribution is -0.120. The number of anilines is 1. The molecule has 1 heterocycles. The van der Waals surface area contributed by atoms with Crippen LogP contribution in [0.25, 0.3) is 10.2 Å². The number of fused-ring (bicyclic) bond motifs is 1. The highest BCUT2D eigenvalue weighted by atomic mass is 32.1. The molecule has 28 heavy (non-hydrogen) atoms. The molecule has 2 N–H and O–H groups in total. The van der Waals surface area contributed by atoms with Crippen LogP contribution in [0.2, 0.25) is 0 Å². The summed E-state index contributed by atoms with van der Waals surface area (Å²) in [5, 5.41) is 6.26. The number of benzene rings is 2. The normalized spacial score (nSPS) is 11.9. The lowest BCUT2D eigenvalue weighted by Crippen LogP contribution is -2.29. The second-order valence-corrected chi connectivity index (χ2v) is 7.76. The van der Waals surface area contributed by atoms with E-state index in [0.717, 1.165) is 32.7 Å². The van der Waals surface area contributed by atoms with E-state index in [9.17, 15) is 9.59 Å². The fourth-order valence-corrected chi connectivity index (χ4v) is 4.17. The first-order valence-electron chi connectivity index (χ1n) is 8.94. The molecule has 0 aliphatic carbocycles. The molecule has 146 valence electrons. The van der Waals surface area contributed by atoms with Crippen LogP contribution in [0.5, 0.6) is 5.75 Å². The van der Waals surface area contributed by atoms with Crippen LogP contribution in [0.4, 0.5) is 5.13 Å². The molecule has 3 aromatic rings. The smallest absolute Gasteiger partial charge is 0.228 e. The van der Waals surface area contributed by atoms with Gasteiger partial charge in [0.25, 0.3) is 0 Å². The molecule has 2 amide bonds. The molecular weight excluding hydrogens is 374 g/mol. The van der Waals surface area contributed by atoms with Crippen LogP contribution in [-0.4, -0.2) is 23.9 Å². The molecule has 0 saturated carbocycles. The number of aromatic nitrogens is 1. The standard InChI is InChI=1S/C21H23N3O3S/c1-12-9-13(2)20-18(10-12)28-21(24-20)23-19(26)11-17(22-14(3)25)15-5-7-16(27-4)8-6-15/h5-10,17H,11H2,1-4H3,(H,22,25)(H,23,24,26). The summed E-state index contributed by atoms with van der Waals surface area (Å²) in [6.07, 6.45) is 0.111. The molecule has 3 rings (SSSR count). The highest BCUT2D eigenvalue weighted by Gasteiger charge is 2.18. The van der Waals surface area contributed by atoms with Gasteiger partial charge in [-0.25, -0.2) is 4.98 Å². The van der Waals surface area contributed by atoms with E-state index in [2.05, 4.69) is 27.8 Å². The second kappa shape index (κ2) is 8.39. The van der Waals surface area contributed by atoms with Gasteiger partial charge >= 0.3 is 0 Å². The molecule has 1 unspecified atom stereocenters. The molecule has 0 saturated heterocycles. The highest BCUT2D eigenvalue weighted by Crippen LogP contribution is 2.30. The van der Waals surface area contributed by atoms with Crippen molar-refractivity contribution >= 4 is 38.5 Å². The monoisotopic (exact) mass is 397 g/mol. The van der Waals surface area contributed by atoms with Crippen LogP contribution in [-0.2, 0) is 9.59 Å². The maximum atomic E-state index is 12.6. The number of thiazole rings is 1. The predicted octanol–water partition coefficient (Wildman–Crippen LogP) is 4.13. The zero-order chi connectivity index (χ0) is 20.3. The quantitative estimate of drug-likeness (QED) is 0.655. The van der Waals surface area contributed by atoms with Crippen molar-refractivity contribution in [2.75, 3.05) is 12.4 Å². The number of methoxy groups -OCH3 is 1. The first-order chi connectivity index (χ1) is 13.4. The van der Waals surface area contributed by atoms with Gasteiger partial charge in [-0.2, -0.15) is 0 Å². The zero-order valence-electron chi connectivity index (χ0n) is 16.3. The van der Waals surface area contributed by atoms with Crippen LogP contribution >= 0.6 is 11.3 Å². The van der Waals surface area contributed by atoms with Crippen molar-refractivity contribution in [3.05, 3.63) is 53.1 Å². The van der Waals surface area contributed by atoms with E-state index in [1.54, 1.807) is 19.2 Å². The Morgan fingerprint density at radius 1 is 1.18 bits per heavy atom. The molecule has 1 aromatic heterocycles. The van der Waals surface area contributed by atoms with Crippen molar-refractivity contribution in [2.45, 2.75) is 33.2 Å². The number of hydrogen-bond donors (Lipinski definition) is 2. The minimum absolute atomic E-state index is 0.111. The number of ether oxygens (including phenoxy) is 1. The summed E-state index contributed by atoms with van der Waals surface area (Å²) < 4.78 is 6.21. The first kappa shape index (κ1) is 19.8. The van der Waals surface area contributed by atoms with Gasteiger partial charge in [-0.3, -0.25) is 9.59 Å². The molecule has 0 radical (unpaired) electrons. The van der Waals surface area contributed by atoms with E-state index in [0.29, 0.717) is 5.13 Å². The van der Waals surface area contributed by atoms with Gasteiger partial charge in [-0.05, 0) is 48.7 Å². The third kappa shape index (κ3) is 4.67. The zero-order valence-corrected chi connectivity index (χ0v) is 17.1. The number of aryl methyl sites for hydroxylation is 2. The fourth-order valence-electron chi connectivity index (χ4n) is 3.11. The Labute approximate surface area is 167 Å². The number of carbonyl (C=O) groups excluding carboxylic acids is 2. The number of nitrogens with one attached hydrogen (secondary N) is 2. The van der Waals surface area contributed by atoms with E-state index in [1.807, 2.05) is 26.0 Å². The first-order valence-corrected chi connectivity index (χ1v) is 9.76. The number of carbonyl (C=O) groups is 2. The molecule has 0 spiro atoms. The van der Waals surface area contributed by atoms with Crippen molar-refractivity contribution in [1.29, 1.82) is 0 Å². The molecule has 0 aliphatic heterocycles. The van der Waals surface area contributed by atoms with Gasteiger partial charge in [0.05, 0.1) is 29.8 Å². The molecule has 6 nitrogen and oxygen atoms in total. The van der Waals surface area contributed by atoms with Crippen LogP contribution in [0, 0.1) is 13.8 Å². The topological polar surface area (TPSA) is 80.3 Å². The van der Waals surface area contributed by atoms with Crippen molar-refractivity contribution in [2.24, 2.45) is 0 Å². The Kier molecular flexibility index (Phi) is 5.94. The van der Waals surface area contributed by atoms with Gasteiger partial charge in [0.2, 0.25) is 11.8 Å². The molecule has 0 aliphatic rings. The maximum absolute atomic E-state index is 12.6. The van der Waals surface area contributed by atoms with Gasteiger partial charge in [0.1, 0.15) is 5.75 Å². The van der Waals surface area contributed by atoms with Crippen molar-refractivity contribution < 1.29 is 14.3 Å². The van der Waals surface area contributed by atoms with Crippen molar-refractivity contribution in [3.63, 3.8) is 0 Å². The Morgan fingerprint density at radius 2 is 1.89 bits per heavy atom. The minimum atomic E-state index is -0.429. The summed E-state index contributed by atoms with van der Waals surface area (Å²) in [7, 11) is 1.59. The van der Waals surface area contributed by atoms with Gasteiger partial charge in [-0.15, -0.1) is 0 Å². The molecule has 0 fully saturated rings. The SMILES string of the molecule is COc1ccc(C(CC(=O)Nc2nc3c(C)cc(C)cc3s2)NC(C)=O)cc1. The van der Waals surface area contributed by atoms with E-state index in [1.165, 1.54) is 18.3 Å². The Morgan fingerprint density at radius 3 is 2.54 bits per heavy atom. The number of rotatable bonds is 6.